The van der Waals surface area contributed by atoms with Gasteiger partial charge < -0.3 is 148 Å². The molecule has 8 rings (SSSR count). The zero-order valence-corrected chi connectivity index (χ0v) is 91.8. The Morgan fingerprint density at radius 2 is 0.360 bits per heavy atom. The highest BCUT2D eigenvalue weighted by Gasteiger charge is 2.48. The van der Waals surface area contributed by atoms with Crippen molar-refractivity contribution < 1.29 is 125 Å². The summed E-state index contributed by atoms with van der Waals surface area (Å²) in [5.41, 5.74) is 29.4. The molecule has 0 atom stereocenters. The van der Waals surface area contributed by atoms with E-state index < -0.39 is 70.4 Å². The first-order valence-corrected chi connectivity index (χ1v) is 57.9. The third-order valence-electron chi connectivity index (χ3n) is 18.8. The molecule has 8 aromatic rings. The van der Waals surface area contributed by atoms with Crippen LogP contribution >= 0.6 is 0 Å². The fraction of sp³-hybridized carbons (Fsp3) is 0.435. The lowest BCUT2D eigenvalue weighted by Gasteiger charge is -2.28. The molecule has 0 saturated heterocycles. The van der Waals surface area contributed by atoms with Crippen LogP contribution in [0, 0.1) is 21.6 Å². The van der Waals surface area contributed by atoms with Crippen molar-refractivity contribution in [1.82, 2.24) is 0 Å². The molecule has 0 aromatic heterocycles. The van der Waals surface area contributed by atoms with Gasteiger partial charge in [-0.15, -0.1) is 0 Å². The van der Waals surface area contributed by atoms with Crippen LogP contribution in [0.4, 0.5) is 22.7 Å². The van der Waals surface area contributed by atoms with Crippen molar-refractivity contribution >= 4 is 160 Å². The van der Waals surface area contributed by atoms with E-state index in [1.54, 1.807) is 97.5 Å². The molecule has 0 heterocycles. The molecular formula is C92H152N8O28Si8. The van der Waals surface area contributed by atoms with Crippen LogP contribution in [-0.2, 0) is 152 Å². The molecule has 0 fully saturated rings. The summed E-state index contributed by atoms with van der Waals surface area (Å²) in [5, 5.41) is 34.7. The molecular weight excluding hydrogens is 1890 g/mol. The van der Waals surface area contributed by atoms with Gasteiger partial charge >= 0.3 is 70.4 Å². The van der Waals surface area contributed by atoms with E-state index >= 15 is 0 Å². The molecule has 0 saturated carbocycles. The maximum absolute atomic E-state index is 6.91. The van der Waals surface area contributed by atoms with Crippen LogP contribution in [0.3, 0.4) is 0 Å². The molecule has 760 valence electrons. The summed E-state index contributed by atoms with van der Waals surface area (Å²) < 4.78 is 154. The summed E-state index contributed by atoms with van der Waals surface area (Å²) in [7, 11) is -3.20. The Bertz CT molecular complexity index is 4360. The van der Waals surface area contributed by atoms with Crippen LogP contribution in [0.5, 0.6) is 0 Å². The molecule has 0 spiro atoms. The summed E-state index contributed by atoms with van der Waals surface area (Å²) in [5.74, 6) is 0. The first kappa shape index (κ1) is 126. The van der Waals surface area contributed by atoms with Crippen molar-refractivity contribution in [2.24, 2.45) is 0 Å². The van der Waals surface area contributed by atoms with E-state index in [-0.39, 0.29) is 0 Å². The summed E-state index contributed by atoms with van der Waals surface area (Å²) in [6, 6.07) is 60.5. The molecule has 44 heteroatoms. The zero-order valence-electron chi connectivity index (χ0n) is 83.8. The van der Waals surface area contributed by atoms with E-state index in [0.717, 1.165) is 95.0 Å². The summed E-state index contributed by atoms with van der Waals surface area (Å²) in [6.45, 7) is 31.3. The highest BCUT2D eigenvalue weighted by Crippen LogP contribution is 2.20. The average molecular weight is 2040 g/mol. The van der Waals surface area contributed by atoms with Crippen LogP contribution < -0.4 is 64.4 Å². The predicted molar refractivity (Wildman–Crippen MR) is 550 cm³/mol. The summed E-state index contributed by atoms with van der Waals surface area (Å²) in [4.78, 5) is 0. The van der Waals surface area contributed by atoms with Crippen molar-refractivity contribution in [2.75, 3.05) is 188 Å². The molecule has 0 aliphatic carbocycles. The number of ether oxygens (including phenoxy) is 4. The van der Waals surface area contributed by atoms with E-state index in [1.165, 1.54) is 0 Å². The standard InChI is InChI=1S/2C14H23NO4Si.2C12H21NO3Si.2C11H17NO4Si.2C9H15NO3Si/c1-4-17-20(18-5-2,19-6-3)14-9-7-13(8-10-14)11-16-12-15;1-4-17-20(18-5-2,19-6-3)14-9-7-8-13(10-14)11-16-12-15;1-4-14-17(15-5-2,16-6-3)12-9-7-11(13)8-10-12;1-4-14-17(15-5-2,16-6-3)12-9-7-8-11(13)10-12;1-13-17(14-2,15-3)11-6-4-10(5-7-11)8-16-9-12;1-13-17(14-2,15-3)11-6-4-5-10(7-11)8-16-9-12;1-11-14(12-2,13-3)9-6-4-8(10)5-7-9;1-11-14(12-2,13-3)9-6-4-5-8(10)7-9/h2*7-10,12,15H,4-6,11H2,1-3H3;2*7-10H,4-6,13H2,1-3H3;2*4-7,9,12H,8H2,1-3H3;2*4-7H,10H2,1-3H3. The molecule has 0 aliphatic rings. The maximum Gasteiger partial charge on any atom is 0.537 e. The lowest BCUT2D eigenvalue weighted by atomic mass is 10.2. The Morgan fingerprint density at radius 1 is 0.191 bits per heavy atom. The Balaban J connectivity index is 0.000000779. The molecule has 136 heavy (non-hydrogen) atoms. The Hall–Kier alpha value is -8.38. The highest BCUT2D eigenvalue weighted by molar-refractivity contribution is 6.78. The normalized spacial score (nSPS) is 11.5. The second kappa shape index (κ2) is 71.1. The Kier molecular flexibility index (Phi) is 65.7. The highest BCUT2D eigenvalue weighted by atomic mass is 28.4. The Morgan fingerprint density at radius 3 is 0.566 bits per heavy atom. The molecule has 0 amide bonds. The van der Waals surface area contributed by atoms with Gasteiger partial charge in [0.15, 0.2) is 25.6 Å². The van der Waals surface area contributed by atoms with E-state index in [2.05, 4.69) is 0 Å². The molecule has 8 aromatic carbocycles. The minimum atomic E-state index is -2.85. The second-order valence-corrected chi connectivity index (χ2v) is 49.0. The van der Waals surface area contributed by atoms with Gasteiger partial charge in [0.05, 0.1) is 0 Å². The van der Waals surface area contributed by atoms with E-state index in [1.807, 2.05) is 265 Å². The number of nitrogen functional groups attached to an aromatic ring is 4. The van der Waals surface area contributed by atoms with E-state index in [0.29, 0.717) is 123 Å². The van der Waals surface area contributed by atoms with Gasteiger partial charge in [0, 0.05) is 229 Å². The SMILES string of the molecule is CCO[Si](OCC)(OCC)c1ccc(COC=N)cc1.CCO[Si](OCC)(OCC)c1ccc(N)cc1.CCO[Si](OCC)(OCC)c1cccc(COC=N)c1.CCO[Si](OCC)(OCC)c1cccc(N)c1.CO[Si](OC)(OC)c1ccc(COC=N)cc1.CO[Si](OC)(OC)c1ccc(N)cc1.CO[Si](OC)(OC)c1cccc(COC=N)c1.CO[Si](OC)(OC)c1cccc(N)c1. The molecule has 0 radical (unpaired) electrons. The van der Waals surface area contributed by atoms with Crippen LogP contribution in [-0.4, -0.2) is 261 Å². The third-order valence-corrected chi connectivity index (χ3v) is 41.5. The van der Waals surface area contributed by atoms with Gasteiger partial charge in [0.1, 0.15) is 26.4 Å². The van der Waals surface area contributed by atoms with Crippen LogP contribution in [0.2, 0.25) is 0 Å². The van der Waals surface area contributed by atoms with Crippen molar-refractivity contribution in [3.05, 3.63) is 216 Å². The van der Waals surface area contributed by atoms with Crippen LogP contribution in [0.1, 0.15) is 105 Å². The van der Waals surface area contributed by atoms with E-state index in [4.69, 9.17) is 170 Å². The zero-order chi connectivity index (χ0) is 102. The number of hydrogen-bond acceptors (Lipinski definition) is 36. The lowest BCUT2D eigenvalue weighted by molar-refractivity contribution is 0.0851. The minimum Gasteiger partial charge on any atom is -0.479 e. The number of benzene rings is 8. The van der Waals surface area contributed by atoms with Crippen LogP contribution in [0.25, 0.3) is 0 Å². The van der Waals surface area contributed by atoms with Gasteiger partial charge in [0.25, 0.3) is 0 Å². The molecule has 12 N–H and O–H groups in total. The smallest absolute Gasteiger partial charge is 0.479 e. The third kappa shape index (κ3) is 40.4. The fourth-order valence-corrected chi connectivity index (χ4v) is 30.2. The van der Waals surface area contributed by atoms with Crippen molar-refractivity contribution in [2.45, 2.75) is 110 Å². The van der Waals surface area contributed by atoms with Crippen molar-refractivity contribution in [1.29, 1.82) is 21.6 Å². The molecule has 0 aliphatic heterocycles. The molecule has 0 bridgehead atoms. The topological polar surface area (TPSA) is 458 Å². The molecule has 36 nitrogen and oxygen atoms in total. The van der Waals surface area contributed by atoms with Crippen molar-refractivity contribution in [3.8, 4) is 0 Å². The largest absolute Gasteiger partial charge is 0.537 e. The quantitative estimate of drug-likeness (QED) is 0.00760. The maximum atomic E-state index is 6.91. The monoisotopic (exact) mass is 2040 g/mol. The van der Waals surface area contributed by atoms with Crippen molar-refractivity contribution in [3.63, 3.8) is 0 Å². The molecule has 0 unspecified atom stereocenters. The second-order valence-electron chi connectivity index (χ2n) is 27.1. The van der Waals surface area contributed by atoms with Gasteiger partial charge in [-0.1, -0.05) is 133 Å². The lowest BCUT2D eigenvalue weighted by Crippen LogP contribution is -2.57. The van der Waals surface area contributed by atoms with E-state index in [9.17, 15) is 0 Å². The fourth-order valence-electron chi connectivity index (χ4n) is 12.9. The number of anilines is 4. The minimum absolute atomic E-state index is 0.346. The number of rotatable bonds is 56. The number of nitrogens with two attached hydrogens (primary N) is 4. The summed E-state index contributed by atoms with van der Waals surface area (Å²) in [6.07, 6.45) is 3.71. The summed E-state index contributed by atoms with van der Waals surface area (Å²) >= 11 is 0. The number of hydrogen-bond donors (Lipinski definition) is 8. The Labute approximate surface area is 815 Å². The number of nitrogens with one attached hydrogen (secondary N) is 4. The van der Waals surface area contributed by atoms with Gasteiger partial charge in [-0.25, -0.2) is 0 Å². The predicted octanol–water partition coefficient (Wildman–Crippen LogP) is 9.68. The van der Waals surface area contributed by atoms with Crippen LogP contribution in [0.15, 0.2) is 194 Å². The average Bonchev–Trinajstić information content (AvgIpc) is 0.805. The van der Waals surface area contributed by atoms with Gasteiger partial charge in [-0.3, -0.25) is 21.6 Å². The van der Waals surface area contributed by atoms with Gasteiger partial charge in [0.2, 0.25) is 0 Å². The first-order valence-electron chi connectivity index (χ1n) is 44.1. The van der Waals surface area contributed by atoms with Gasteiger partial charge in [-0.2, -0.15) is 0 Å². The first-order chi connectivity index (χ1) is 65.6. The van der Waals surface area contributed by atoms with Gasteiger partial charge in [-0.05, 0) is 166 Å².